The topological polar surface area (TPSA) is 117 Å². The Morgan fingerprint density at radius 2 is 2.07 bits per heavy atom. The Hall–Kier alpha value is -3.27. The van der Waals surface area contributed by atoms with Crippen molar-refractivity contribution in [2.45, 2.75) is 27.3 Å². The summed E-state index contributed by atoms with van der Waals surface area (Å²) in [6, 6.07) is 6.20. The second kappa shape index (κ2) is 7.77. The van der Waals surface area contributed by atoms with E-state index in [0.29, 0.717) is 0 Å². The molecule has 3 rings (SSSR count). The van der Waals surface area contributed by atoms with Crippen molar-refractivity contribution in [3.63, 3.8) is 0 Å². The summed E-state index contributed by atoms with van der Waals surface area (Å²) in [5.41, 5.74) is 2.74. The fourth-order valence-electron chi connectivity index (χ4n) is 2.84. The first-order valence-electron chi connectivity index (χ1n) is 8.39. The third-order valence-corrected chi connectivity index (χ3v) is 4.91. The van der Waals surface area contributed by atoms with E-state index in [1.165, 1.54) is 17.4 Å². The lowest BCUT2D eigenvalue weighted by atomic mass is 10.1. The Balaban J connectivity index is 2.13. The minimum absolute atomic E-state index is 0.109. The van der Waals surface area contributed by atoms with Crippen LogP contribution in [0.3, 0.4) is 0 Å². The number of carbonyl (C=O) groups excluding carboxylic acids is 2. The summed E-state index contributed by atoms with van der Waals surface area (Å²) in [6.45, 7) is 5.70. The SMILES string of the molecule is CCOC(=O)Cn1c(=NC(=O)c2ccc([N+](=O)[O-])o2)sc2cc(C)cc(C)c21. The number of ether oxygens (including phenoxy) is 1. The van der Waals surface area contributed by atoms with E-state index in [2.05, 4.69) is 4.99 Å². The average Bonchev–Trinajstić information content (AvgIpc) is 3.21. The molecule has 0 aliphatic carbocycles. The quantitative estimate of drug-likeness (QED) is 0.367. The predicted octanol–water partition coefficient (Wildman–Crippen LogP) is 3.13. The molecule has 0 spiro atoms. The second-order valence-corrected chi connectivity index (χ2v) is 7.03. The van der Waals surface area contributed by atoms with Gasteiger partial charge >= 0.3 is 17.8 Å². The van der Waals surface area contributed by atoms with Gasteiger partial charge in [0.25, 0.3) is 0 Å². The van der Waals surface area contributed by atoms with Gasteiger partial charge < -0.3 is 13.7 Å². The summed E-state index contributed by atoms with van der Waals surface area (Å²) in [5, 5.41) is 10.7. The summed E-state index contributed by atoms with van der Waals surface area (Å²) < 4.78 is 12.4. The zero-order valence-corrected chi connectivity index (χ0v) is 16.2. The van der Waals surface area contributed by atoms with Crippen LogP contribution in [-0.4, -0.2) is 28.0 Å². The Morgan fingerprint density at radius 1 is 1.32 bits per heavy atom. The average molecular weight is 403 g/mol. The molecule has 0 radical (unpaired) electrons. The van der Waals surface area contributed by atoms with Gasteiger partial charge in [-0.2, -0.15) is 4.99 Å². The Kier molecular flexibility index (Phi) is 5.41. The molecule has 3 aromatic rings. The van der Waals surface area contributed by atoms with Crippen LogP contribution in [0.1, 0.15) is 28.6 Å². The lowest BCUT2D eigenvalue weighted by molar-refractivity contribution is -0.402. The molecule has 0 unspecified atom stereocenters. The first-order valence-corrected chi connectivity index (χ1v) is 9.21. The highest BCUT2D eigenvalue weighted by Crippen LogP contribution is 2.23. The van der Waals surface area contributed by atoms with Gasteiger partial charge in [-0.25, -0.2) is 0 Å². The van der Waals surface area contributed by atoms with Crippen LogP contribution in [-0.2, 0) is 16.1 Å². The number of carbonyl (C=O) groups is 2. The molecule has 146 valence electrons. The molecule has 0 bridgehead atoms. The summed E-state index contributed by atoms with van der Waals surface area (Å²) in [4.78, 5) is 38.8. The van der Waals surface area contributed by atoms with E-state index >= 15 is 0 Å². The molecule has 0 N–H and O–H groups in total. The van der Waals surface area contributed by atoms with Crippen LogP contribution in [0.2, 0.25) is 0 Å². The van der Waals surface area contributed by atoms with E-state index in [0.717, 1.165) is 27.4 Å². The molecule has 1 amide bonds. The van der Waals surface area contributed by atoms with Gasteiger partial charge in [-0.15, -0.1) is 0 Å². The highest BCUT2D eigenvalue weighted by Gasteiger charge is 2.19. The molecule has 28 heavy (non-hydrogen) atoms. The minimum Gasteiger partial charge on any atom is -0.465 e. The number of furan rings is 1. The number of nitro groups is 1. The van der Waals surface area contributed by atoms with Crippen LogP contribution in [0.4, 0.5) is 5.88 Å². The third-order valence-electron chi connectivity index (χ3n) is 3.88. The molecule has 2 heterocycles. The molecule has 9 nitrogen and oxygen atoms in total. The molecular formula is C18H17N3O6S. The van der Waals surface area contributed by atoms with Crippen LogP contribution in [0.5, 0.6) is 0 Å². The van der Waals surface area contributed by atoms with E-state index < -0.39 is 22.7 Å². The van der Waals surface area contributed by atoms with Crippen molar-refractivity contribution in [2.75, 3.05) is 6.61 Å². The van der Waals surface area contributed by atoms with E-state index in [1.54, 1.807) is 11.5 Å². The molecule has 0 fully saturated rings. The summed E-state index contributed by atoms with van der Waals surface area (Å²) in [5.74, 6) is -2.02. The lowest BCUT2D eigenvalue weighted by Gasteiger charge is -2.07. The van der Waals surface area contributed by atoms with Crippen LogP contribution >= 0.6 is 11.3 Å². The third kappa shape index (κ3) is 3.86. The maximum atomic E-state index is 12.4. The smallest absolute Gasteiger partial charge is 0.433 e. The van der Waals surface area contributed by atoms with Crippen molar-refractivity contribution < 1.29 is 23.7 Å². The summed E-state index contributed by atoms with van der Waals surface area (Å²) >= 11 is 1.24. The van der Waals surface area contributed by atoms with Gasteiger partial charge in [0.2, 0.25) is 5.76 Å². The van der Waals surface area contributed by atoms with Gasteiger partial charge in [-0.3, -0.25) is 19.7 Å². The molecule has 10 heteroatoms. The maximum Gasteiger partial charge on any atom is 0.433 e. The fourth-order valence-corrected chi connectivity index (χ4v) is 4.05. The van der Waals surface area contributed by atoms with Crippen molar-refractivity contribution in [1.82, 2.24) is 4.57 Å². The number of hydrogen-bond donors (Lipinski definition) is 0. The Labute approximate surface area is 163 Å². The molecule has 0 saturated carbocycles. The van der Waals surface area contributed by atoms with Gasteiger partial charge in [-0.1, -0.05) is 17.4 Å². The van der Waals surface area contributed by atoms with Crippen molar-refractivity contribution in [3.05, 3.63) is 56.1 Å². The van der Waals surface area contributed by atoms with Gasteiger partial charge in [0.1, 0.15) is 11.5 Å². The Bertz CT molecular complexity index is 1150. The number of fused-ring (bicyclic) bond motifs is 1. The van der Waals surface area contributed by atoms with Crippen LogP contribution in [0, 0.1) is 24.0 Å². The van der Waals surface area contributed by atoms with Crippen molar-refractivity contribution in [3.8, 4) is 0 Å². The summed E-state index contributed by atoms with van der Waals surface area (Å²) in [7, 11) is 0. The Morgan fingerprint density at radius 3 is 2.71 bits per heavy atom. The molecular weight excluding hydrogens is 386 g/mol. The number of benzene rings is 1. The molecule has 0 aliphatic rings. The zero-order chi connectivity index (χ0) is 20.4. The monoisotopic (exact) mass is 403 g/mol. The number of thiazole rings is 1. The van der Waals surface area contributed by atoms with Crippen molar-refractivity contribution in [1.29, 1.82) is 0 Å². The highest BCUT2D eigenvalue weighted by atomic mass is 32.1. The fraction of sp³-hybridized carbons (Fsp3) is 0.278. The van der Waals surface area contributed by atoms with Crippen LogP contribution in [0.15, 0.2) is 33.7 Å². The number of rotatable bonds is 5. The normalized spacial score (nSPS) is 11.8. The van der Waals surface area contributed by atoms with Crippen molar-refractivity contribution in [2.24, 2.45) is 4.99 Å². The van der Waals surface area contributed by atoms with Gasteiger partial charge in [0.15, 0.2) is 4.80 Å². The predicted molar refractivity (Wildman–Crippen MR) is 101 cm³/mol. The first-order chi connectivity index (χ1) is 13.3. The number of esters is 1. The van der Waals surface area contributed by atoms with Crippen LogP contribution < -0.4 is 4.80 Å². The standard InChI is InChI=1S/C18H17N3O6S/c1-4-26-15(22)9-20-16-11(3)7-10(2)8-13(16)28-18(20)19-17(23)12-5-6-14(27-12)21(24)25/h5-8H,4,9H2,1-3H3. The molecule has 0 aliphatic heterocycles. The van der Waals surface area contributed by atoms with Crippen molar-refractivity contribution >= 4 is 39.3 Å². The first kappa shape index (κ1) is 19.5. The van der Waals surface area contributed by atoms with E-state index in [-0.39, 0.29) is 23.7 Å². The van der Waals surface area contributed by atoms with E-state index in [9.17, 15) is 19.7 Å². The molecule has 2 aromatic heterocycles. The van der Waals surface area contributed by atoms with E-state index in [4.69, 9.17) is 9.15 Å². The second-order valence-electron chi connectivity index (χ2n) is 6.02. The number of hydrogen-bond acceptors (Lipinski definition) is 7. The number of amides is 1. The summed E-state index contributed by atoms with van der Waals surface area (Å²) in [6.07, 6.45) is 0. The number of aryl methyl sites for hydroxylation is 2. The molecule has 0 atom stereocenters. The van der Waals surface area contributed by atoms with Crippen LogP contribution in [0.25, 0.3) is 10.2 Å². The molecule has 1 aromatic carbocycles. The number of aromatic nitrogens is 1. The van der Waals surface area contributed by atoms with Gasteiger partial charge in [0, 0.05) is 0 Å². The largest absolute Gasteiger partial charge is 0.465 e. The maximum absolute atomic E-state index is 12.4. The van der Waals surface area contributed by atoms with Gasteiger partial charge in [0.05, 0.1) is 22.9 Å². The lowest BCUT2D eigenvalue weighted by Crippen LogP contribution is -2.23. The number of nitrogens with zero attached hydrogens (tertiary/aromatic N) is 3. The van der Waals surface area contributed by atoms with Gasteiger partial charge in [-0.05, 0) is 44.0 Å². The highest BCUT2D eigenvalue weighted by molar-refractivity contribution is 7.16. The minimum atomic E-state index is -0.772. The van der Waals surface area contributed by atoms with E-state index in [1.807, 2.05) is 26.0 Å². The zero-order valence-electron chi connectivity index (χ0n) is 15.4. The molecule has 0 saturated heterocycles.